The van der Waals surface area contributed by atoms with Crippen molar-refractivity contribution in [3.63, 3.8) is 0 Å². The Morgan fingerprint density at radius 1 is 0.793 bits per heavy atom. The Bertz CT molecular complexity index is 1080. The molecule has 0 unspecified atom stereocenters. The number of likely N-dealkylation sites (tertiary alicyclic amines) is 1. The zero-order chi connectivity index (χ0) is 19.8. The second-order valence-corrected chi connectivity index (χ2v) is 7.96. The molecule has 0 atom stereocenters. The smallest absolute Gasteiger partial charge is 0.254 e. The second kappa shape index (κ2) is 7.36. The van der Waals surface area contributed by atoms with Gasteiger partial charge in [0.1, 0.15) is 0 Å². The molecule has 5 rings (SSSR count). The summed E-state index contributed by atoms with van der Waals surface area (Å²) in [4.78, 5) is 30.1. The number of hydrogen-bond donors (Lipinski definition) is 0. The fourth-order valence-electron chi connectivity index (χ4n) is 4.70. The van der Waals surface area contributed by atoms with E-state index in [4.69, 9.17) is 0 Å². The molecule has 4 nitrogen and oxygen atoms in total. The van der Waals surface area contributed by atoms with Crippen molar-refractivity contribution >= 4 is 28.3 Å². The van der Waals surface area contributed by atoms with Crippen molar-refractivity contribution in [2.24, 2.45) is 5.92 Å². The molecule has 3 aromatic rings. The van der Waals surface area contributed by atoms with Crippen molar-refractivity contribution in [2.45, 2.75) is 19.3 Å². The maximum Gasteiger partial charge on any atom is 0.254 e. The van der Waals surface area contributed by atoms with E-state index >= 15 is 0 Å². The van der Waals surface area contributed by atoms with E-state index in [1.165, 1.54) is 5.56 Å². The van der Waals surface area contributed by atoms with Gasteiger partial charge in [-0.3, -0.25) is 9.59 Å². The molecule has 0 spiro atoms. The van der Waals surface area contributed by atoms with E-state index in [2.05, 4.69) is 6.07 Å². The number of fused-ring (bicyclic) bond motifs is 2. The van der Waals surface area contributed by atoms with Crippen LogP contribution in [0.4, 0.5) is 5.69 Å². The lowest BCUT2D eigenvalue weighted by Gasteiger charge is -2.33. The summed E-state index contributed by atoms with van der Waals surface area (Å²) in [6.07, 6.45) is 2.39. The summed E-state index contributed by atoms with van der Waals surface area (Å²) in [6, 6.07) is 22.1. The minimum atomic E-state index is -0.00211. The summed E-state index contributed by atoms with van der Waals surface area (Å²) in [5.41, 5.74) is 3.07. The van der Waals surface area contributed by atoms with E-state index < -0.39 is 0 Å². The van der Waals surface area contributed by atoms with Gasteiger partial charge in [0, 0.05) is 36.8 Å². The van der Waals surface area contributed by atoms with E-state index in [9.17, 15) is 9.59 Å². The van der Waals surface area contributed by atoms with Crippen LogP contribution in [0.5, 0.6) is 0 Å². The molecule has 29 heavy (non-hydrogen) atoms. The van der Waals surface area contributed by atoms with Gasteiger partial charge >= 0.3 is 0 Å². The largest absolute Gasteiger partial charge is 0.339 e. The van der Waals surface area contributed by atoms with Crippen LogP contribution in [-0.4, -0.2) is 36.3 Å². The van der Waals surface area contributed by atoms with E-state index in [1.807, 2.05) is 70.5 Å². The highest BCUT2D eigenvalue weighted by molar-refractivity contribution is 6.07. The molecular formula is C25H24N2O2. The first-order valence-electron chi connectivity index (χ1n) is 10.4. The number of benzene rings is 3. The first kappa shape index (κ1) is 17.9. The Morgan fingerprint density at radius 3 is 2.38 bits per heavy atom. The molecule has 0 bridgehead atoms. The predicted octanol–water partition coefficient (Wildman–Crippen LogP) is 4.28. The third-order valence-electron chi connectivity index (χ3n) is 6.30. The number of rotatable bonds is 2. The van der Waals surface area contributed by atoms with Gasteiger partial charge in [-0.05, 0) is 47.7 Å². The van der Waals surface area contributed by atoms with Crippen molar-refractivity contribution in [1.29, 1.82) is 0 Å². The third kappa shape index (κ3) is 3.19. The molecule has 1 saturated heterocycles. The standard InChI is InChI=1S/C25H24N2O2/c28-24(27-17-14-19-7-2-4-11-23(19)27)20-12-15-26(16-13-20)25(29)22-10-5-8-18-6-1-3-9-21(18)22/h1-11,20H,12-17H2. The fourth-order valence-corrected chi connectivity index (χ4v) is 4.70. The van der Waals surface area contributed by atoms with Crippen LogP contribution in [0.25, 0.3) is 10.8 Å². The summed E-state index contributed by atoms with van der Waals surface area (Å²) < 4.78 is 0. The van der Waals surface area contributed by atoms with Gasteiger partial charge in [0.15, 0.2) is 0 Å². The molecule has 1 fully saturated rings. The minimum Gasteiger partial charge on any atom is -0.339 e. The molecule has 0 N–H and O–H groups in total. The van der Waals surface area contributed by atoms with Crippen LogP contribution in [0, 0.1) is 5.92 Å². The quantitative estimate of drug-likeness (QED) is 0.662. The lowest BCUT2D eigenvalue weighted by atomic mass is 9.94. The zero-order valence-corrected chi connectivity index (χ0v) is 16.4. The lowest BCUT2D eigenvalue weighted by molar-refractivity contribution is -0.123. The van der Waals surface area contributed by atoms with Crippen LogP contribution in [0.1, 0.15) is 28.8 Å². The highest BCUT2D eigenvalue weighted by Gasteiger charge is 2.33. The highest BCUT2D eigenvalue weighted by Crippen LogP contribution is 2.31. The van der Waals surface area contributed by atoms with Crippen LogP contribution < -0.4 is 4.90 Å². The molecular weight excluding hydrogens is 360 g/mol. The zero-order valence-electron chi connectivity index (χ0n) is 16.4. The summed E-state index contributed by atoms with van der Waals surface area (Å²) in [5.74, 6) is 0.282. The Balaban J connectivity index is 1.28. The molecule has 0 radical (unpaired) electrons. The number of hydrogen-bond acceptors (Lipinski definition) is 2. The Kier molecular flexibility index (Phi) is 4.55. The average molecular weight is 384 g/mol. The molecule has 0 aliphatic carbocycles. The van der Waals surface area contributed by atoms with Crippen molar-refractivity contribution in [3.05, 3.63) is 77.9 Å². The van der Waals surface area contributed by atoms with Crippen LogP contribution >= 0.6 is 0 Å². The van der Waals surface area contributed by atoms with Gasteiger partial charge in [-0.25, -0.2) is 0 Å². The molecule has 2 amide bonds. The number of anilines is 1. The maximum absolute atomic E-state index is 13.1. The predicted molar refractivity (Wildman–Crippen MR) is 115 cm³/mol. The van der Waals surface area contributed by atoms with Gasteiger partial charge in [0.25, 0.3) is 5.91 Å². The van der Waals surface area contributed by atoms with Gasteiger partial charge in [-0.1, -0.05) is 54.6 Å². The highest BCUT2D eigenvalue weighted by atomic mass is 16.2. The van der Waals surface area contributed by atoms with Crippen molar-refractivity contribution in [1.82, 2.24) is 4.90 Å². The fraction of sp³-hybridized carbons (Fsp3) is 0.280. The molecule has 146 valence electrons. The maximum atomic E-state index is 13.1. The molecule has 0 saturated carbocycles. The first-order valence-corrected chi connectivity index (χ1v) is 10.4. The SMILES string of the molecule is O=C(c1cccc2ccccc12)N1CCC(C(=O)N2CCc3ccccc32)CC1. The molecule has 2 aliphatic rings. The normalized spacial score (nSPS) is 16.8. The molecule has 4 heteroatoms. The van der Waals surface area contributed by atoms with Crippen LogP contribution in [0.3, 0.4) is 0 Å². The number of nitrogens with zero attached hydrogens (tertiary/aromatic N) is 2. The van der Waals surface area contributed by atoms with E-state index in [1.54, 1.807) is 0 Å². The summed E-state index contributed by atoms with van der Waals surface area (Å²) in [5, 5.41) is 2.07. The Morgan fingerprint density at radius 2 is 1.52 bits per heavy atom. The topological polar surface area (TPSA) is 40.6 Å². The van der Waals surface area contributed by atoms with Crippen molar-refractivity contribution < 1.29 is 9.59 Å². The van der Waals surface area contributed by atoms with Gasteiger partial charge in [0.05, 0.1) is 0 Å². The van der Waals surface area contributed by atoms with Gasteiger partial charge in [-0.15, -0.1) is 0 Å². The first-order chi connectivity index (χ1) is 14.2. The van der Waals surface area contributed by atoms with Gasteiger partial charge < -0.3 is 9.80 Å². The van der Waals surface area contributed by atoms with Gasteiger partial charge in [0.2, 0.25) is 5.91 Å². The summed E-state index contributed by atoms with van der Waals surface area (Å²) >= 11 is 0. The van der Waals surface area contributed by atoms with Crippen molar-refractivity contribution in [2.75, 3.05) is 24.5 Å². The lowest BCUT2D eigenvalue weighted by Crippen LogP contribution is -2.44. The second-order valence-electron chi connectivity index (χ2n) is 7.96. The molecule has 2 aliphatic heterocycles. The van der Waals surface area contributed by atoms with E-state index in [-0.39, 0.29) is 17.7 Å². The number of carbonyl (C=O) groups is 2. The van der Waals surface area contributed by atoms with E-state index in [0.717, 1.165) is 47.8 Å². The van der Waals surface area contributed by atoms with Crippen LogP contribution in [-0.2, 0) is 11.2 Å². The summed E-state index contributed by atoms with van der Waals surface area (Å²) in [6.45, 7) is 2.04. The molecule has 2 heterocycles. The van der Waals surface area contributed by atoms with Crippen LogP contribution in [0.15, 0.2) is 66.7 Å². The van der Waals surface area contributed by atoms with Gasteiger partial charge in [-0.2, -0.15) is 0 Å². The number of piperidine rings is 1. The molecule has 3 aromatic carbocycles. The average Bonchev–Trinajstić information content (AvgIpc) is 3.22. The number of amides is 2. The minimum absolute atomic E-state index is 0.00211. The van der Waals surface area contributed by atoms with E-state index in [0.29, 0.717) is 13.1 Å². The Hall–Kier alpha value is -3.14. The number of carbonyl (C=O) groups excluding carboxylic acids is 2. The van der Waals surface area contributed by atoms with Crippen LogP contribution in [0.2, 0.25) is 0 Å². The molecule has 0 aromatic heterocycles. The third-order valence-corrected chi connectivity index (χ3v) is 6.30. The number of para-hydroxylation sites is 1. The Labute approximate surface area is 170 Å². The monoisotopic (exact) mass is 384 g/mol. The summed E-state index contributed by atoms with van der Waals surface area (Å²) in [7, 11) is 0. The van der Waals surface area contributed by atoms with Crippen molar-refractivity contribution in [3.8, 4) is 0 Å².